The highest BCUT2D eigenvalue weighted by atomic mass is 16.6. The molecule has 0 fully saturated rings. The topological polar surface area (TPSA) is 107 Å². The van der Waals surface area contributed by atoms with Crippen molar-refractivity contribution < 1.29 is 10.0 Å². The third kappa shape index (κ3) is 2.30. The highest BCUT2D eigenvalue weighted by molar-refractivity contribution is 5.64. The molecule has 0 spiro atoms. The molecular formula is C11H12N4O3. The van der Waals surface area contributed by atoms with E-state index in [-0.39, 0.29) is 12.3 Å². The Labute approximate surface area is 103 Å². The second-order valence-electron chi connectivity index (χ2n) is 3.71. The number of hydrogen-bond donors (Lipinski definition) is 2. The van der Waals surface area contributed by atoms with E-state index >= 15 is 0 Å². The lowest BCUT2D eigenvalue weighted by Crippen LogP contribution is -2.07. The van der Waals surface area contributed by atoms with Crippen LogP contribution in [0.4, 0.5) is 11.5 Å². The third-order valence-electron chi connectivity index (χ3n) is 2.48. The summed E-state index contributed by atoms with van der Waals surface area (Å²) in [7, 11) is 0. The zero-order valence-corrected chi connectivity index (χ0v) is 9.48. The van der Waals surface area contributed by atoms with Crippen LogP contribution in [-0.2, 0) is 6.54 Å². The van der Waals surface area contributed by atoms with Gasteiger partial charge in [0.15, 0.2) is 0 Å². The predicted molar refractivity (Wildman–Crippen MR) is 65.8 cm³/mol. The number of anilines is 1. The highest BCUT2D eigenvalue weighted by Crippen LogP contribution is 2.24. The van der Waals surface area contributed by atoms with Crippen molar-refractivity contribution in [3.8, 4) is 11.3 Å². The van der Waals surface area contributed by atoms with Gasteiger partial charge in [-0.05, 0) is 0 Å². The average molecular weight is 248 g/mol. The Morgan fingerprint density at radius 3 is 2.89 bits per heavy atom. The van der Waals surface area contributed by atoms with E-state index in [9.17, 15) is 10.1 Å². The fourth-order valence-corrected chi connectivity index (χ4v) is 1.62. The second kappa shape index (κ2) is 4.84. The lowest BCUT2D eigenvalue weighted by molar-refractivity contribution is -0.384. The minimum atomic E-state index is -0.461. The van der Waals surface area contributed by atoms with Crippen molar-refractivity contribution in [2.45, 2.75) is 6.54 Å². The molecule has 1 heterocycles. The summed E-state index contributed by atoms with van der Waals surface area (Å²) in [5, 5.41) is 23.7. The Kier molecular flexibility index (Phi) is 3.24. The molecule has 0 aliphatic rings. The molecule has 0 amide bonds. The zero-order valence-electron chi connectivity index (χ0n) is 9.48. The zero-order chi connectivity index (χ0) is 13.1. The first kappa shape index (κ1) is 12.1. The van der Waals surface area contributed by atoms with Crippen LogP contribution in [0.5, 0.6) is 0 Å². The standard InChI is InChI=1S/C11H12N4O3/c12-11-7-10(13-14(11)4-5-16)8-2-1-3-9(6-8)15(17)18/h1-3,6-7,16H,4-5,12H2. The van der Waals surface area contributed by atoms with Crippen LogP contribution in [-0.4, -0.2) is 26.4 Å². The molecule has 7 heteroatoms. The molecule has 0 unspecified atom stereocenters. The van der Waals surface area contributed by atoms with Crippen molar-refractivity contribution in [1.29, 1.82) is 0 Å². The molecule has 0 aliphatic heterocycles. The fraction of sp³-hybridized carbons (Fsp3) is 0.182. The number of nitro benzene ring substituents is 1. The Hall–Kier alpha value is -2.41. The molecule has 0 radical (unpaired) electrons. The number of nitro groups is 1. The first-order valence-corrected chi connectivity index (χ1v) is 5.31. The molecule has 3 N–H and O–H groups in total. The first-order chi connectivity index (χ1) is 8.61. The molecular weight excluding hydrogens is 236 g/mol. The largest absolute Gasteiger partial charge is 0.394 e. The van der Waals surface area contributed by atoms with Gasteiger partial charge in [0, 0.05) is 23.8 Å². The number of aromatic nitrogens is 2. The van der Waals surface area contributed by atoms with E-state index in [1.54, 1.807) is 18.2 Å². The van der Waals surface area contributed by atoms with Crippen LogP contribution in [0.2, 0.25) is 0 Å². The molecule has 1 aromatic carbocycles. The smallest absolute Gasteiger partial charge is 0.270 e. The Morgan fingerprint density at radius 2 is 2.22 bits per heavy atom. The number of rotatable bonds is 4. The van der Waals surface area contributed by atoms with Crippen LogP contribution < -0.4 is 5.73 Å². The molecule has 18 heavy (non-hydrogen) atoms. The summed E-state index contributed by atoms with van der Waals surface area (Å²) in [6.07, 6.45) is 0. The number of nitrogen functional groups attached to an aromatic ring is 1. The molecule has 0 aliphatic carbocycles. The number of nitrogens with zero attached hydrogens (tertiary/aromatic N) is 3. The van der Waals surface area contributed by atoms with Gasteiger partial charge in [-0.3, -0.25) is 10.1 Å². The maximum Gasteiger partial charge on any atom is 0.270 e. The van der Waals surface area contributed by atoms with Gasteiger partial charge < -0.3 is 10.8 Å². The number of aliphatic hydroxyl groups is 1. The van der Waals surface area contributed by atoms with Crippen molar-refractivity contribution in [1.82, 2.24) is 9.78 Å². The molecule has 0 saturated carbocycles. The lowest BCUT2D eigenvalue weighted by Gasteiger charge is -1.99. The van der Waals surface area contributed by atoms with Crippen molar-refractivity contribution in [3.63, 3.8) is 0 Å². The maximum absolute atomic E-state index is 10.7. The van der Waals surface area contributed by atoms with E-state index in [1.807, 2.05) is 0 Å². The number of non-ortho nitro benzene ring substituents is 1. The van der Waals surface area contributed by atoms with E-state index in [1.165, 1.54) is 16.8 Å². The van der Waals surface area contributed by atoms with Gasteiger partial charge in [-0.1, -0.05) is 12.1 Å². The van der Waals surface area contributed by atoms with E-state index in [0.717, 1.165) is 0 Å². The summed E-state index contributed by atoms with van der Waals surface area (Å²) < 4.78 is 1.45. The minimum absolute atomic E-state index is 0.00257. The van der Waals surface area contributed by atoms with Gasteiger partial charge in [-0.15, -0.1) is 0 Å². The number of benzene rings is 1. The minimum Gasteiger partial charge on any atom is -0.394 e. The maximum atomic E-state index is 10.7. The SMILES string of the molecule is Nc1cc(-c2cccc([N+](=O)[O-])c2)nn1CCO. The summed E-state index contributed by atoms with van der Waals surface area (Å²) in [4.78, 5) is 10.2. The van der Waals surface area contributed by atoms with Crippen molar-refractivity contribution >= 4 is 11.5 Å². The molecule has 2 rings (SSSR count). The molecule has 0 bridgehead atoms. The van der Waals surface area contributed by atoms with E-state index in [0.29, 0.717) is 23.6 Å². The van der Waals surface area contributed by atoms with E-state index in [4.69, 9.17) is 10.8 Å². The van der Waals surface area contributed by atoms with Gasteiger partial charge in [0.2, 0.25) is 0 Å². The molecule has 7 nitrogen and oxygen atoms in total. The number of aliphatic hydroxyl groups excluding tert-OH is 1. The van der Waals surface area contributed by atoms with Crippen LogP contribution in [0, 0.1) is 10.1 Å². The van der Waals surface area contributed by atoms with Gasteiger partial charge in [-0.2, -0.15) is 5.10 Å². The summed E-state index contributed by atoms with van der Waals surface area (Å²) in [6, 6.07) is 7.78. The summed E-state index contributed by atoms with van der Waals surface area (Å²) in [5.74, 6) is 0.408. The molecule has 0 atom stereocenters. The van der Waals surface area contributed by atoms with Crippen LogP contribution in [0.3, 0.4) is 0 Å². The highest BCUT2D eigenvalue weighted by Gasteiger charge is 2.11. The van der Waals surface area contributed by atoms with Gasteiger partial charge in [0.1, 0.15) is 5.82 Å². The Balaban J connectivity index is 2.39. The summed E-state index contributed by atoms with van der Waals surface area (Å²) in [5.41, 5.74) is 6.88. The van der Waals surface area contributed by atoms with Gasteiger partial charge in [0.25, 0.3) is 5.69 Å². The lowest BCUT2D eigenvalue weighted by atomic mass is 10.1. The average Bonchev–Trinajstić information content (AvgIpc) is 2.72. The summed E-state index contributed by atoms with van der Waals surface area (Å²) >= 11 is 0. The van der Waals surface area contributed by atoms with Crippen molar-refractivity contribution in [3.05, 3.63) is 40.4 Å². The number of nitrogens with two attached hydrogens (primary N) is 1. The van der Waals surface area contributed by atoms with E-state index in [2.05, 4.69) is 5.10 Å². The molecule has 0 saturated heterocycles. The van der Waals surface area contributed by atoms with Gasteiger partial charge in [0.05, 0.1) is 23.8 Å². The molecule has 2 aromatic rings. The first-order valence-electron chi connectivity index (χ1n) is 5.31. The monoisotopic (exact) mass is 248 g/mol. The van der Waals surface area contributed by atoms with Gasteiger partial charge >= 0.3 is 0 Å². The Morgan fingerprint density at radius 1 is 1.44 bits per heavy atom. The normalized spacial score (nSPS) is 10.5. The Bertz CT molecular complexity index is 579. The van der Waals surface area contributed by atoms with Crippen LogP contribution in [0.25, 0.3) is 11.3 Å². The van der Waals surface area contributed by atoms with Crippen LogP contribution in [0.1, 0.15) is 0 Å². The third-order valence-corrected chi connectivity index (χ3v) is 2.48. The van der Waals surface area contributed by atoms with Crippen LogP contribution in [0.15, 0.2) is 30.3 Å². The van der Waals surface area contributed by atoms with E-state index < -0.39 is 4.92 Å². The predicted octanol–water partition coefficient (Wildman–Crippen LogP) is 1.03. The van der Waals surface area contributed by atoms with Crippen molar-refractivity contribution in [2.24, 2.45) is 0 Å². The van der Waals surface area contributed by atoms with Gasteiger partial charge in [-0.25, -0.2) is 4.68 Å². The molecule has 94 valence electrons. The summed E-state index contributed by atoms with van der Waals surface area (Å²) in [6.45, 7) is 0.223. The van der Waals surface area contributed by atoms with Crippen LogP contribution >= 0.6 is 0 Å². The number of hydrogen-bond acceptors (Lipinski definition) is 5. The second-order valence-corrected chi connectivity index (χ2v) is 3.71. The van der Waals surface area contributed by atoms with Crippen molar-refractivity contribution in [2.75, 3.05) is 12.3 Å². The quantitative estimate of drug-likeness (QED) is 0.620. The molecule has 1 aromatic heterocycles. The fourth-order valence-electron chi connectivity index (χ4n) is 1.62.